The van der Waals surface area contributed by atoms with E-state index in [0.717, 1.165) is 0 Å². The number of carbonyl (C=O) groups excluding carboxylic acids is 1. The van der Waals surface area contributed by atoms with E-state index in [9.17, 15) is 18.0 Å². The van der Waals surface area contributed by atoms with Crippen LogP contribution in [0.15, 0.2) is 0 Å². The van der Waals surface area contributed by atoms with Crippen molar-refractivity contribution in [3.8, 4) is 0 Å². The molecule has 1 saturated heterocycles. The zero-order valence-corrected chi connectivity index (χ0v) is 8.60. The van der Waals surface area contributed by atoms with Gasteiger partial charge in [-0.1, -0.05) is 0 Å². The first-order valence-electron chi connectivity index (χ1n) is 4.96. The van der Waals surface area contributed by atoms with Gasteiger partial charge < -0.3 is 10.2 Å². The van der Waals surface area contributed by atoms with Crippen LogP contribution in [0.5, 0.6) is 0 Å². The Morgan fingerprint density at radius 3 is 2.73 bits per heavy atom. The largest absolute Gasteiger partial charge is 0.389 e. The number of halogens is 3. The molecule has 1 N–H and O–H groups in total. The van der Waals surface area contributed by atoms with Gasteiger partial charge in [0.2, 0.25) is 5.91 Å². The predicted octanol–water partition coefficient (Wildman–Crippen LogP) is 1.15. The van der Waals surface area contributed by atoms with Gasteiger partial charge in [-0.3, -0.25) is 4.79 Å². The molecule has 0 unspecified atom stereocenters. The molecule has 0 spiro atoms. The fourth-order valence-electron chi connectivity index (χ4n) is 1.57. The maximum Gasteiger partial charge on any atom is 0.389 e. The number of carbonyl (C=O) groups is 1. The van der Waals surface area contributed by atoms with Crippen LogP contribution in [0.4, 0.5) is 13.2 Å². The second-order valence-corrected chi connectivity index (χ2v) is 3.81. The Bertz CT molecular complexity index is 230. The van der Waals surface area contributed by atoms with E-state index in [0.29, 0.717) is 19.6 Å². The Balaban J connectivity index is 2.33. The Kier molecular flexibility index (Phi) is 3.96. The zero-order chi connectivity index (χ0) is 11.5. The van der Waals surface area contributed by atoms with Crippen LogP contribution in [0.3, 0.4) is 0 Å². The molecule has 0 aromatic rings. The molecule has 1 atom stereocenters. The average molecular weight is 224 g/mol. The predicted molar refractivity (Wildman–Crippen MR) is 49.3 cm³/mol. The van der Waals surface area contributed by atoms with Crippen LogP contribution < -0.4 is 5.32 Å². The van der Waals surface area contributed by atoms with Gasteiger partial charge in [0, 0.05) is 32.1 Å². The fraction of sp³-hybridized carbons (Fsp3) is 0.889. The highest BCUT2D eigenvalue weighted by molar-refractivity contribution is 5.76. The van der Waals surface area contributed by atoms with Crippen molar-refractivity contribution in [2.45, 2.75) is 32.0 Å². The summed E-state index contributed by atoms with van der Waals surface area (Å²) in [5.41, 5.74) is 0. The summed E-state index contributed by atoms with van der Waals surface area (Å²) < 4.78 is 35.6. The molecule has 6 heteroatoms. The molecule has 0 aliphatic carbocycles. The number of rotatable bonds is 2. The summed E-state index contributed by atoms with van der Waals surface area (Å²) in [5, 5.41) is 3.12. The molecule has 1 rings (SSSR count). The zero-order valence-electron chi connectivity index (χ0n) is 8.60. The molecular formula is C9H15F3N2O. The second kappa shape index (κ2) is 4.83. The SMILES string of the molecule is C[C@H]1CN(C(=O)CCC(F)(F)F)CCN1. The standard InChI is InChI=1S/C9H15F3N2O/c1-7-6-14(5-4-13-7)8(15)2-3-9(10,11)12/h7,13H,2-6H2,1H3/t7-/m0/s1. The molecule has 0 radical (unpaired) electrons. The number of amides is 1. The average Bonchev–Trinajstić information content (AvgIpc) is 2.13. The minimum Gasteiger partial charge on any atom is -0.340 e. The third kappa shape index (κ3) is 4.51. The minimum atomic E-state index is -4.24. The first-order chi connectivity index (χ1) is 6.88. The van der Waals surface area contributed by atoms with E-state index in [4.69, 9.17) is 0 Å². The van der Waals surface area contributed by atoms with Crippen LogP contribution in [0.2, 0.25) is 0 Å². The summed E-state index contributed by atoms with van der Waals surface area (Å²) in [6, 6.07) is 0.161. The van der Waals surface area contributed by atoms with Crippen molar-refractivity contribution >= 4 is 5.91 Å². The molecule has 1 amide bonds. The van der Waals surface area contributed by atoms with Gasteiger partial charge in [0.15, 0.2) is 0 Å². The Morgan fingerprint density at radius 2 is 2.20 bits per heavy atom. The molecule has 1 aliphatic rings. The quantitative estimate of drug-likeness (QED) is 0.763. The van der Waals surface area contributed by atoms with Crippen LogP contribution in [0, 0.1) is 0 Å². The number of nitrogens with zero attached hydrogens (tertiary/aromatic N) is 1. The molecule has 0 bridgehead atoms. The highest BCUT2D eigenvalue weighted by Gasteiger charge is 2.29. The lowest BCUT2D eigenvalue weighted by Crippen LogP contribution is -2.51. The highest BCUT2D eigenvalue weighted by Crippen LogP contribution is 2.21. The molecule has 3 nitrogen and oxygen atoms in total. The molecule has 0 aromatic heterocycles. The number of hydrogen-bond acceptors (Lipinski definition) is 2. The Morgan fingerprint density at radius 1 is 1.53 bits per heavy atom. The topological polar surface area (TPSA) is 32.3 Å². The van der Waals surface area contributed by atoms with E-state index in [2.05, 4.69) is 5.32 Å². The summed E-state index contributed by atoms with van der Waals surface area (Å²) >= 11 is 0. The van der Waals surface area contributed by atoms with Gasteiger partial charge in [-0.05, 0) is 6.92 Å². The van der Waals surface area contributed by atoms with Crippen molar-refractivity contribution in [2.24, 2.45) is 0 Å². The minimum absolute atomic E-state index is 0.161. The van der Waals surface area contributed by atoms with E-state index in [1.54, 1.807) is 0 Å². The molecule has 1 heterocycles. The van der Waals surface area contributed by atoms with Crippen molar-refractivity contribution in [2.75, 3.05) is 19.6 Å². The normalized spacial score (nSPS) is 22.9. The monoisotopic (exact) mass is 224 g/mol. The lowest BCUT2D eigenvalue weighted by Gasteiger charge is -2.32. The number of piperazine rings is 1. The lowest BCUT2D eigenvalue weighted by molar-refractivity contribution is -0.149. The molecule has 0 aromatic carbocycles. The van der Waals surface area contributed by atoms with Crippen molar-refractivity contribution < 1.29 is 18.0 Å². The first kappa shape index (κ1) is 12.3. The van der Waals surface area contributed by atoms with Crippen molar-refractivity contribution in [3.05, 3.63) is 0 Å². The maximum atomic E-state index is 11.9. The van der Waals surface area contributed by atoms with Crippen LogP contribution in [0.25, 0.3) is 0 Å². The maximum absolute atomic E-state index is 11.9. The highest BCUT2D eigenvalue weighted by atomic mass is 19.4. The number of nitrogens with one attached hydrogen (secondary N) is 1. The third-order valence-electron chi connectivity index (χ3n) is 2.34. The van der Waals surface area contributed by atoms with Gasteiger partial charge in [0.05, 0.1) is 6.42 Å². The summed E-state index contributed by atoms with van der Waals surface area (Å²) in [4.78, 5) is 12.9. The van der Waals surface area contributed by atoms with Crippen LogP contribution in [-0.2, 0) is 4.79 Å². The van der Waals surface area contributed by atoms with Gasteiger partial charge >= 0.3 is 6.18 Å². The van der Waals surface area contributed by atoms with Gasteiger partial charge in [-0.2, -0.15) is 13.2 Å². The summed E-state index contributed by atoms with van der Waals surface area (Å²) in [7, 11) is 0. The molecule has 1 aliphatic heterocycles. The van der Waals surface area contributed by atoms with E-state index in [1.165, 1.54) is 4.90 Å². The van der Waals surface area contributed by atoms with Gasteiger partial charge in [-0.25, -0.2) is 0 Å². The van der Waals surface area contributed by atoms with Crippen molar-refractivity contribution in [1.29, 1.82) is 0 Å². The summed E-state index contributed by atoms with van der Waals surface area (Å²) in [5.74, 6) is -0.402. The van der Waals surface area contributed by atoms with E-state index >= 15 is 0 Å². The molecule has 15 heavy (non-hydrogen) atoms. The first-order valence-corrected chi connectivity index (χ1v) is 4.96. The van der Waals surface area contributed by atoms with Gasteiger partial charge in [0.25, 0.3) is 0 Å². The Labute approximate surface area is 86.6 Å². The molecule has 0 saturated carbocycles. The third-order valence-corrected chi connectivity index (χ3v) is 2.34. The van der Waals surface area contributed by atoms with Gasteiger partial charge in [0.1, 0.15) is 0 Å². The van der Waals surface area contributed by atoms with E-state index in [1.807, 2.05) is 6.92 Å². The van der Waals surface area contributed by atoms with Gasteiger partial charge in [-0.15, -0.1) is 0 Å². The van der Waals surface area contributed by atoms with Crippen molar-refractivity contribution in [3.63, 3.8) is 0 Å². The second-order valence-electron chi connectivity index (χ2n) is 3.81. The molecular weight excluding hydrogens is 209 g/mol. The van der Waals surface area contributed by atoms with E-state index < -0.39 is 24.9 Å². The molecule has 88 valence electrons. The summed E-state index contributed by atoms with van der Waals surface area (Å²) in [6.07, 6.45) is -5.70. The van der Waals surface area contributed by atoms with Crippen molar-refractivity contribution in [1.82, 2.24) is 10.2 Å². The fourth-order valence-corrected chi connectivity index (χ4v) is 1.57. The number of alkyl halides is 3. The Hall–Kier alpha value is -0.780. The van der Waals surface area contributed by atoms with Crippen LogP contribution >= 0.6 is 0 Å². The molecule has 1 fully saturated rings. The summed E-state index contributed by atoms with van der Waals surface area (Å²) in [6.45, 7) is 3.56. The lowest BCUT2D eigenvalue weighted by atomic mass is 10.2. The number of hydrogen-bond donors (Lipinski definition) is 1. The van der Waals surface area contributed by atoms with E-state index in [-0.39, 0.29) is 6.04 Å². The van der Waals surface area contributed by atoms with Crippen LogP contribution in [0.1, 0.15) is 19.8 Å². The van der Waals surface area contributed by atoms with Crippen LogP contribution in [-0.4, -0.2) is 42.7 Å². The smallest absolute Gasteiger partial charge is 0.340 e.